The van der Waals surface area contributed by atoms with Crippen LogP contribution < -0.4 is 24.4 Å². The molecule has 42 heavy (non-hydrogen) atoms. The molecule has 8 nitrogen and oxygen atoms in total. The zero-order valence-corrected chi connectivity index (χ0v) is 23.1. The summed E-state index contributed by atoms with van der Waals surface area (Å²) in [5.74, 6) is -0.643. The Morgan fingerprint density at radius 2 is 1.45 bits per heavy atom. The summed E-state index contributed by atoms with van der Waals surface area (Å²) in [6.07, 6.45) is 1.37. The van der Waals surface area contributed by atoms with Crippen LogP contribution >= 0.6 is 11.6 Å². The van der Waals surface area contributed by atoms with Gasteiger partial charge in [-0.25, -0.2) is 14.1 Å². The number of imide groups is 2. The van der Waals surface area contributed by atoms with Gasteiger partial charge in [0.1, 0.15) is 30.4 Å². The van der Waals surface area contributed by atoms with Crippen LogP contribution in [0.1, 0.15) is 16.7 Å². The van der Waals surface area contributed by atoms with Gasteiger partial charge in [-0.15, -0.1) is 0 Å². The Morgan fingerprint density at radius 3 is 2.12 bits per heavy atom. The fraction of sp³-hybridized carbons (Fsp3) is 0.0938. The number of benzene rings is 4. The number of anilines is 1. The SMILES string of the molecule is COc1cc(/C=C2\C(=O)NC(=O)N(c3ccc(OCc4ccc(Cl)cc4)cc3)C2=O)ccc1OCc1ccc(F)cc1. The summed E-state index contributed by atoms with van der Waals surface area (Å²) in [5, 5.41) is 2.84. The topological polar surface area (TPSA) is 94.2 Å². The Morgan fingerprint density at radius 1 is 0.810 bits per heavy atom. The molecular weight excluding hydrogens is 563 g/mol. The van der Waals surface area contributed by atoms with Gasteiger partial charge in [0.05, 0.1) is 12.8 Å². The molecule has 0 spiro atoms. The lowest BCUT2D eigenvalue weighted by molar-refractivity contribution is -0.122. The zero-order valence-electron chi connectivity index (χ0n) is 22.3. The van der Waals surface area contributed by atoms with Gasteiger partial charge in [0.25, 0.3) is 11.8 Å². The van der Waals surface area contributed by atoms with Gasteiger partial charge in [-0.2, -0.15) is 0 Å². The Bertz CT molecular complexity index is 1650. The molecule has 0 aromatic heterocycles. The number of carbonyl (C=O) groups excluding carboxylic acids is 3. The normalized spacial score (nSPS) is 14.1. The molecule has 0 unspecified atom stereocenters. The van der Waals surface area contributed by atoms with E-state index < -0.39 is 17.8 Å². The van der Waals surface area contributed by atoms with Gasteiger partial charge in [0, 0.05) is 5.02 Å². The van der Waals surface area contributed by atoms with E-state index in [2.05, 4.69) is 5.32 Å². The second-order valence-corrected chi connectivity index (χ2v) is 9.63. The Labute approximate surface area is 245 Å². The van der Waals surface area contributed by atoms with Crippen molar-refractivity contribution in [2.75, 3.05) is 12.0 Å². The highest BCUT2D eigenvalue weighted by Gasteiger charge is 2.36. The fourth-order valence-corrected chi connectivity index (χ4v) is 4.26. The van der Waals surface area contributed by atoms with Crippen molar-refractivity contribution in [3.8, 4) is 17.2 Å². The molecule has 1 fully saturated rings. The molecule has 0 bridgehead atoms. The van der Waals surface area contributed by atoms with Crippen LogP contribution in [0, 0.1) is 5.82 Å². The number of urea groups is 1. The zero-order chi connectivity index (χ0) is 29.6. The minimum absolute atomic E-state index is 0.181. The molecule has 10 heteroatoms. The highest BCUT2D eigenvalue weighted by Crippen LogP contribution is 2.31. The first-order chi connectivity index (χ1) is 20.3. The van der Waals surface area contributed by atoms with Crippen LogP contribution in [0.15, 0.2) is 96.6 Å². The average molecular weight is 587 g/mol. The van der Waals surface area contributed by atoms with Gasteiger partial charge in [-0.1, -0.05) is 41.9 Å². The summed E-state index contributed by atoms with van der Waals surface area (Å²) >= 11 is 5.91. The molecule has 1 aliphatic rings. The van der Waals surface area contributed by atoms with Crippen LogP contribution in [0.5, 0.6) is 17.2 Å². The summed E-state index contributed by atoms with van der Waals surface area (Å²) in [6, 6.07) is 23.5. The number of hydrogen-bond donors (Lipinski definition) is 1. The van der Waals surface area contributed by atoms with Crippen LogP contribution in [0.3, 0.4) is 0 Å². The second kappa shape index (κ2) is 12.6. The number of barbiturate groups is 1. The lowest BCUT2D eigenvalue weighted by Crippen LogP contribution is -2.54. The Kier molecular flexibility index (Phi) is 8.50. The fourth-order valence-electron chi connectivity index (χ4n) is 4.13. The molecule has 4 aromatic rings. The maximum absolute atomic E-state index is 13.3. The third kappa shape index (κ3) is 6.59. The number of ether oxygens (including phenoxy) is 3. The number of methoxy groups -OCH3 is 1. The number of rotatable bonds is 9. The van der Waals surface area contributed by atoms with E-state index in [0.29, 0.717) is 34.4 Å². The highest BCUT2D eigenvalue weighted by molar-refractivity contribution is 6.39. The number of amides is 4. The summed E-state index contributed by atoms with van der Waals surface area (Å²) in [6.45, 7) is 0.487. The van der Waals surface area contributed by atoms with Gasteiger partial charge >= 0.3 is 6.03 Å². The summed E-state index contributed by atoms with van der Waals surface area (Å²) in [7, 11) is 1.46. The molecule has 1 aliphatic heterocycles. The lowest BCUT2D eigenvalue weighted by atomic mass is 10.1. The molecule has 0 atom stereocenters. The molecule has 0 radical (unpaired) electrons. The number of halogens is 2. The van der Waals surface area contributed by atoms with Crippen LogP contribution in [0.4, 0.5) is 14.9 Å². The Hall–Kier alpha value is -5.15. The molecule has 0 aliphatic carbocycles. The third-order valence-electron chi connectivity index (χ3n) is 6.32. The summed E-state index contributed by atoms with van der Waals surface area (Å²) < 4.78 is 30.2. The van der Waals surface area contributed by atoms with Crippen molar-refractivity contribution in [1.82, 2.24) is 5.32 Å². The first-order valence-corrected chi connectivity index (χ1v) is 13.1. The number of carbonyl (C=O) groups is 3. The third-order valence-corrected chi connectivity index (χ3v) is 6.57. The van der Waals surface area contributed by atoms with Gasteiger partial charge < -0.3 is 14.2 Å². The van der Waals surface area contributed by atoms with Crippen LogP contribution in [0.25, 0.3) is 6.08 Å². The van der Waals surface area contributed by atoms with E-state index in [4.69, 9.17) is 25.8 Å². The van der Waals surface area contributed by atoms with Crippen molar-refractivity contribution in [1.29, 1.82) is 0 Å². The van der Waals surface area contributed by atoms with Gasteiger partial charge in [0.2, 0.25) is 0 Å². The minimum Gasteiger partial charge on any atom is -0.493 e. The molecule has 1 saturated heterocycles. The van der Waals surface area contributed by atoms with E-state index in [0.717, 1.165) is 16.0 Å². The minimum atomic E-state index is -0.862. The van der Waals surface area contributed by atoms with Gasteiger partial charge in [-0.3, -0.25) is 14.9 Å². The lowest BCUT2D eigenvalue weighted by Gasteiger charge is -2.26. The largest absolute Gasteiger partial charge is 0.493 e. The number of hydrogen-bond acceptors (Lipinski definition) is 6. The molecule has 4 aromatic carbocycles. The molecule has 212 valence electrons. The summed E-state index contributed by atoms with van der Waals surface area (Å²) in [4.78, 5) is 39.5. The quantitative estimate of drug-likeness (QED) is 0.182. The van der Waals surface area contributed by atoms with E-state index in [1.807, 2.05) is 12.1 Å². The molecule has 5 rings (SSSR count). The van der Waals surface area contributed by atoms with Crippen molar-refractivity contribution in [3.63, 3.8) is 0 Å². The Balaban J connectivity index is 1.30. The molecule has 0 saturated carbocycles. The van der Waals surface area contributed by atoms with Gasteiger partial charge in [0.15, 0.2) is 11.5 Å². The van der Waals surface area contributed by atoms with E-state index >= 15 is 0 Å². The van der Waals surface area contributed by atoms with Crippen LogP contribution in [-0.4, -0.2) is 25.0 Å². The molecule has 4 amide bonds. The standard InChI is InChI=1S/C32H24ClFN2O6/c1-40-29-17-22(6-15-28(29)42-19-21-4-9-24(34)10-5-21)16-27-30(37)35-32(39)36(31(27)38)25-11-13-26(14-12-25)41-18-20-2-7-23(33)8-3-20/h2-17H,18-19H2,1H3,(H,35,37,39)/b27-16+. The number of nitrogens with zero attached hydrogens (tertiary/aromatic N) is 1. The monoisotopic (exact) mass is 586 g/mol. The van der Waals surface area contributed by atoms with Crippen molar-refractivity contribution < 1.29 is 33.0 Å². The predicted octanol–water partition coefficient (Wildman–Crippen LogP) is 6.31. The van der Waals surface area contributed by atoms with Crippen LogP contribution in [-0.2, 0) is 22.8 Å². The maximum atomic E-state index is 13.3. The van der Waals surface area contributed by atoms with E-state index in [9.17, 15) is 18.8 Å². The van der Waals surface area contributed by atoms with E-state index in [-0.39, 0.29) is 23.7 Å². The predicted molar refractivity (Wildman–Crippen MR) is 155 cm³/mol. The van der Waals surface area contributed by atoms with E-state index in [1.165, 1.54) is 25.3 Å². The average Bonchev–Trinajstić information content (AvgIpc) is 2.99. The maximum Gasteiger partial charge on any atom is 0.335 e. The number of nitrogens with one attached hydrogen (secondary N) is 1. The molecular formula is C32H24ClFN2O6. The second-order valence-electron chi connectivity index (χ2n) is 9.19. The molecule has 1 heterocycles. The first kappa shape index (κ1) is 28.4. The van der Waals surface area contributed by atoms with E-state index in [1.54, 1.807) is 66.7 Å². The molecule has 1 N–H and O–H groups in total. The van der Waals surface area contributed by atoms with Gasteiger partial charge in [-0.05, 0) is 83.4 Å². The summed E-state index contributed by atoms with van der Waals surface area (Å²) in [5.41, 5.74) is 2.18. The first-order valence-electron chi connectivity index (χ1n) is 12.7. The van der Waals surface area contributed by atoms with Crippen LogP contribution in [0.2, 0.25) is 5.02 Å². The highest BCUT2D eigenvalue weighted by atomic mass is 35.5. The smallest absolute Gasteiger partial charge is 0.335 e. The van der Waals surface area contributed by atoms with Crippen molar-refractivity contribution in [2.24, 2.45) is 0 Å². The van der Waals surface area contributed by atoms with Crippen molar-refractivity contribution in [2.45, 2.75) is 13.2 Å². The van der Waals surface area contributed by atoms with Crippen molar-refractivity contribution >= 4 is 41.2 Å². The van der Waals surface area contributed by atoms with Crippen molar-refractivity contribution in [3.05, 3.63) is 124 Å².